The number of anilines is 1. The van der Waals surface area contributed by atoms with E-state index in [1.807, 2.05) is 36.5 Å². The molecular formula is C23H30IN5O. The predicted molar refractivity (Wildman–Crippen MR) is 134 cm³/mol. The van der Waals surface area contributed by atoms with Crippen LogP contribution in [0.5, 0.6) is 0 Å². The van der Waals surface area contributed by atoms with Gasteiger partial charge in [0.05, 0.1) is 0 Å². The van der Waals surface area contributed by atoms with Crippen molar-refractivity contribution in [1.29, 1.82) is 0 Å². The molecule has 2 N–H and O–H groups in total. The van der Waals surface area contributed by atoms with Crippen molar-refractivity contribution in [2.75, 3.05) is 24.5 Å². The third-order valence-electron chi connectivity index (χ3n) is 5.48. The smallest absolute Gasteiger partial charge is 0.191 e. The Morgan fingerprint density at radius 1 is 1.17 bits per heavy atom. The minimum absolute atomic E-state index is 0. The van der Waals surface area contributed by atoms with Crippen LogP contribution in [-0.4, -0.2) is 36.6 Å². The highest BCUT2D eigenvalue weighted by Crippen LogP contribution is 2.25. The summed E-state index contributed by atoms with van der Waals surface area (Å²) >= 11 is 0. The number of halogens is 1. The Bertz CT molecular complexity index is 964. The summed E-state index contributed by atoms with van der Waals surface area (Å²) in [7, 11) is 0. The van der Waals surface area contributed by atoms with Gasteiger partial charge < -0.3 is 20.0 Å². The van der Waals surface area contributed by atoms with Crippen molar-refractivity contribution < 1.29 is 4.42 Å². The van der Waals surface area contributed by atoms with Crippen LogP contribution < -0.4 is 15.5 Å². The van der Waals surface area contributed by atoms with E-state index in [4.69, 9.17) is 9.41 Å². The van der Waals surface area contributed by atoms with Crippen LogP contribution in [0.15, 0.2) is 58.1 Å². The molecule has 0 atom stereocenters. The maximum Gasteiger partial charge on any atom is 0.191 e. The first kappa shape index (κ1) is 22.4. The number of piperidine rings is 1. The molecule has 1 aromatic carbocycles. The normalized spacial score (nSPS) is 15.1. The zero-order valence-corrected chi connectivity index (χ0v) is 19.9. The SMILES string of the molecule is CCNC(=NCc1oc2ccccc2c1C)NC1CCN(c2ccccn2)CC1.I. The highest BCUT2D eigenvalue weighted by Gasteiger charge is 2.21. The Kier molecular flexibility index (Phi) is 7.95. The van der Waals surface area contributed by atoms with Crippen LogP contribution in [0.3, 0.4) is 0 Å². The van der Waals surface area contributed by atoms with Crippen LogP contribution in [0.1, 0.15) is 31.1 Å². The first-order valence-corrected chi connectivity index (χ1v) is 10.4. The molecule has 1 aliphatic rings. The van der Waals surface area contributed by atoms with Gasteiger partial charge in [-0.1, -0.05) is 24.3 Å². The summed E-state index contributed by atoms with van der Waals surface area (Å²) < 4.78 is 6.00. The lowest BCUT2D eigenvalue weighted by Gasteiger charge is -2.33. The maximum atomic E-state index is 6.00. The van der Waals surface area contributed by atoms with E-state index in [0.29, 0.717) is 12.6 Å². The molecule has 7 heteroatoms. The first-order valence-electron chi connectivity index (χ1n) is 10.4. The number of pyridine rings is 1. The van der Waals surface area contributed by atoms with Crippen molar-refractivity contribution in [2.45, 2.75) is 39.3 Å². The monoisotopic (exact) mass is 519 g/mol. The van der Waals surface area contributed by atoms with Gasteiger partial charge in [0.15, 0.2) is 5.96 Å². The minimum atomic E-state index is 0. The molecule has 1 fully saturated rings. The molecule has 0 saturated carbocycles. The molecule has 6 nitrogen and oxygen atoms in total. The van der Waals surface area contributed by atoms with Gasteiger partial charge in [-0.15, -0.1) is 24.0 Å². The summed E-state index contributed by atoms with van der Waals surface area (Å²) in [6.45, 7) is 7.55. The first-order chi connectivity index (χ1) is 14.2. The van der Waals surface area contributed by atoms with Crippen LogP contribution in [0, 0.1) is 6.92 Å². The fourth-order valence-electron chi connectivity index (χ4n) is 3.83. The fraction of sp³-hybridized carbons (Fsp3) is 0.391. The Hall–Kier alpha value is -2.29. The molecule has 2 aromatic heterocycles. The summed E-state index contributed by atoms with van der Waals surface area (Å²) in [6.07, 6.45) is 3.98. The van der Waals surface area contributed by atoms with Crippen molar-refractivity contribution in [2.24, 2.45) is 4.99 Å². The maximum absolute atomic E-state index is 6.00. The van der Waals surface area contributed by atoms with Gasteiger partial charge in [-0.3, -0.25) is 0 Å². The number of hydrogen-bond acceptors (Lipinski definition) is 4. The van der Waals surface area contributed by atoms with Crippen molar-refractivity contribution in [3.05, 3.63) is 60.0 Å². The van der Waals surface area contributed by atoms with Gasteiger partial charge >= 0.3 is 0 Å². The number of rotatable bonds is 5. The van der Waals surface area contributed by atoms with Crippen LogP contribution in [0.25, 0.3) is 11.0 Å². The summed E-state index contributed by atoms with van der Waals surface area (Å²) in [5, 5.41) is 8.13. The molecule has 160 valence electrons. The third kappa shape index (κ3) is 5.24. The highest BCUT2D eigenvalue weighted by molar-refractivity contribution is 14.0. The zero-order valence-electron chi connectivity index (χ0n) is 17.6. The van der Waals surface area contributed by atoms with Crippen LogP contribution in [0.4, 0.5) is 5.82 Å². The number of fused-ring (bicyclic) bond motifs is 1. The predicted octanol–water partition coefficient (Wildman–Crippen LogP) is 4.48. The van der Waals surface area contributed by atoms with Gasteiger partial charge in [-0.05, 0) is 44.9 Å². The van der Waals surface area contributed by atoms with Crippen molar-refractivity contribution in [3.63, 3.8) is 0 Å². The van der Waals surface area contributed by atoms with Crippen LogP contribution in [-0.2, 0) is 6.54 Å². The quantitative estimate of drug-likeness (QED) is 0.296. The lowest BCUT2D eigenvalue weighted by Crippen LogP contribution is -2.48. The molecule has 1 saturated heterocycles. The van der Waals surface area contributed by atoms with Gasteiger partial charge in [-0.25, -0.2) is 9.98 Å². The zero-order chi connectivity index (χ0) is 20.1. The van der Waals surface area contributed by atoms with E-state index < -0.39 is 0 Å². The van der Waals surface area contributed by atoms with Crippen molar-refractivity contribution in [1.82, 2.24) is 15.6 Å². The van der Waals surface area contributed by atoms with Crippen molar-refractivity contribution in [3.8, 4) is 0 Å². The number of benzene rings is 1. The lowest BCUT2D eigenvalue weighted by molar-refractivity contribution is 0.459. The second-order valence-electron chi connectivity index (χ2n) is 7.44. The van der Waals surface area contributed by atoms with Gasteiger partial charge in [0.2, 0.25) is 0 Å². The van der Waals surface area contributed by atoms with E-state index in [2.05, 4.69) is 46.5 Å². The molecule has 0 amide bonds. The molecule has 0 unspecified atom stereocenters. The van der Waals surface area contributed by atoms with Gasteiger partial charge in [0.25, 0.3) is 0 Å². The molecule has 3 heterocycles. The minimum Gasteiger partial charge on any atom is -0.459 e. The molecule has 0 bridgehead atoms. The van der Waals surface area contributed by atoms with Crippen LogP contribution >= 0.6 is 24.0 Å². The molecule has 0 aliphatic carbocycles. The number of para-hydroxylation sites is 1. The van der Waals surface area contributed by atoms with E-state index in [1.54, 1.807) is 0 Å². The van der Waals surface area contributed by atoms with E-state index in [0.717, 1.165) is 61.0 Å². The number of aromatic nitrogens is 1. The topological polar surface area (TPSA) is 65.7 Å². The largest absolute Gasteiger partial charge is 0.459 e. The third-order valence-corrected chi connectivity index (χ3v) is 5.48. The van der Waals surface area contributed by atoms with Gasteiger partial charge in [0.1, 0.15) is 23.7 Å². The number of hydrogen-bond donors (Lipinski definition) is 2. The molecule has 0 spiro atoms. The number of nitrogens with one attached hydrogen (secondary N) is 2. The number of nitrogens with zero attached hydrogens (tertiary/aromatic N) is 3. The van der Waals surface area contributed by atoms with Crippen LogP contribution in [0.2, 0.25) is 0 Å². The Balaban J connectivity index is 0.00000256. The van der Waals surface area contributed by atoms with Gasteiger partial charge in [0, 0.05) is 42.8 Å². The highest BCUT2D eigenvalue weighted by atomic mass is 127. The summed E-state index contributed by atoms with van der Waals surface area (Å²) in [5.74, 6) is 2.84. The van der Waals surface area contributed by atoms with E-state index in [-0.39, 0.29) is 24.0 Å². The van der Waals surface area contributed by atoms with Crippen molar-refractivity contribution >= 4 is 46.7 Å². The summed E-state index contributed by atoms with van der Waals surface area (Å²) in [4.78, 5) is 11.6. The molecule has 4 rings (SSSR count). The second kappa shape index (κ2) is 10.7. The summed E-state index contributed by atoms with van der Waals surface area (Å²) in [5.41, 5.74) is 2.10. The Labute approximate surface area is 195 Å². The average Bonchev–Trinajstić information content (AvgIpc) is 3.09. The number of aliphatic imine (C=N–C) groups is 1. The van der Waals surface area contributed by atoms with E-state index in [1.165, 1.54) is 5.56 Å². The lowest BCUT2D eigenvalue weighted by atomic mass is 10.1. The Morgan fingerprint density at radius 3 is 2.63 bits per heavy atom. The fourth-order valence-corrected chi connectivity index (χ4v) is 3.83. The molecular weight excluding hydrogens is 489 g/mol. The Morgan fingerprint density at radius 2 is 1.93 bits per heavy atom. The molecule has 3 aromatic rings. The summed E-state index contributed by atoms with van der Waals surface area (Å²) in [6, 6.07) is 14.6. The number of aryl methyl sites for hydroxylation is 1. The number of guanidine groups is 1. The standard InChI is InChI=1S/C23H29N5O.HI/c1-3-24-23(26-16-21-17(2)19-8-4-5-9-20(19)29-21)27-18-11-14-28(15-12-18)22-10-6-7-13-25-22;/h4-10,13,18H,3,11-12,14-16H2,1-2H3,(H2,24,26,27);1H. The number of furan rings is 1. The molecule has 1 aliphatic heterocycles. The van der Waals surface area contributed by atoms with E-state index >= 15 is 0 Å². The van der Waals surface area contributed by atoms with E-state index in [9.17, 15) is 0 Å². The van der Waals surface area contributed by atoms with Gasteiger partial charge in [-0.2, -0.15) is 0 Å². The molecule has 30 heavy (non-hydrogen) atoms. The average molecular weight is 519 g/mol. The second-order valence-corrected chi connectivity index (χ2v) is 7.44. The molecule has 0 radical (unpaired) electrons.